The zero-order chi connectivity index (χ0) is 23.4. The summed E-state index contributed by atoms with van der Waals surface area (Å²) in [7, 11) is 0. The highest BCUT2D eigenvalue weighted by atomic mass is 128. The summed E-state index contributed by atoms with van der Waals surface area (Å²) >= 11 is 4.24. The van der Waals surface area contributed by atoms with E-state index in [1.54, 1.807) is 24.3 Å². The largest absolute Gasteiger partial charge is 0.508 e. The predicted octanol–water partition coefficient (Wildman–Crippen LogP) is 9.98. The molecule has 28 heavy (non-hydrogen) atoms. The van der Waals surface area contributed by atoms with Gasteiger partial charge in [0.25, 0.3) is 0 Å². The van der Waals surface area contributed by atoms with Gasteiger partial charge in [0.2, 0.25) is 0 Å². The lowest BCUT2D eigenvalue weighted by Crippen LogP contribution is -1.86. The second kappa shape index (κ2) is 37.3. The van der Waals surface area contributed by atoms with E-state index in [4.69, 9.17) is 10.2 Å². The first-order chi connectivity index (χ1) is 13.7. The first kappa shape index (κ1) is 38.1. The molecule has 0 aromatic heterocycles. The molecule has 2 aromatic carbocycles. The van der Waals surface area contributed by atoms with Gasteiger partial charge in [0, 0.05) is 37.2 Å². The highest BCUT2D eigenvalue weighted by Crippen LogP contribution is 2.16. The van der Waals surface area contributed by atoms with Crippen molar-refractivity contribution in [2.75, 3.05) is 0 Å². The molecule has 0 radical (unpaired) electrons. The molecule has 0 aliphatic rings. The molecule has 0 heterocycles. The third-order valence-corrected chi connectivity index (χ3v) is 2.28. The van der Waals surface area contributed by atoms with Gasteiger partial charge in [-0.3, -0.25) is 0 Å². The van der Waals surface area contributed by atoms with Crippen molar-refractivity contribution in [3.63, 3.8) is 0 Å². The molecule has 2 rings (SSSR count). The highest BCUT2D eigenvalue weighted by Gasteiger charge is 1.96. The molecule has 0 amide bonds. The molecule has 0 spiro atoms. The van der Waals surface area contributed by atoms with E-state index in [0.29, 0.717) is 0 Å². The van der Waals surface area contributed by atoms with Crippen molar-refractivity contribution < 1.29 is 10.2 Å². The van der Waals surface area contributed by atoms with Crippen LogP contribution in [-0.2, 0) is 6.42 Å². The second-order valence-corrected chi connectivity index (χ2v) is 4.22. The van der Waals surface area contributed by atoms with E-state index in [2.05, 4.69) is 51.1 Å². The van der Waals surface area contributed by atoms with Crippen molar-refractivity contribution in [1.29, 1.82) is 0 Å². The molecule has 0 saturated heterocycles. The maximum absolute atomic E-state index is 9.13. The maximum Gasteiger partial charge on any atom is 0.115 e. The minimum atomic E-state index is 0.282. The number of hydrogen-bond acceptors (Lipinski definition) is 2. The van der Waals surface area contributed by atoms with Crippen molar-refractivity contribution in [1.82, 2.24) is 0 Å². The summed E-state index contributed by atoms with van der Waals surface area (Å²) in [6, 6.07) is 14.3. The average molecular weight is 618 g/mol. The van der Waals surface area contributed by atoms with Crippen LogP contribution in [0.3, 0.4) is 0 Å². The van der Waals surface area contributed by atoms with E-state index in [-0.39, 0.29) is 11.5 Å². The Morgan fingerprint density at radius 1 is 0.536 bits per heavy atom. The van der Waals surface area contributed by atoms with Crippen LogP contribution in [0.2, 0.25) is 0 Å². The zero-order valence-electron chi connectivity index (χ0n) is 19.7. The number of benzene rings is 2. The van der Waals surface area contributed by atoms with Gasteiger partial charge in [-0.2, -0.15) is 0 Å². The van der Waals surface area contributed by atoms with E-state index in [9.17, 15) is 0 Å². The summed E-state index contributed by atoms with van der Waals surface area (Å²) in [5, 5.41) is 18.3. The molecule has 0 aliphatic heterocycles. The summed E-state index contributed by atoms with van der Waals surface area (Å²) in [4.78, 5) is 0. The number of halogens is 2. The third-order valence-electron chi connectivity index (χ3n) is 2.28. The normalized spacial score (nSPS) is 7.14. The Hall–Kier alpha value is -0.500. The van der Waals surface area contributed by atoms with Gasteiger partial charge in [-0.25, -0.2) is 0 Å². The van der Waals surface area contributed by atoms with Gasteiger partial charge in [0.05, 0.1) is 0 Å². The van der Waals surface area contributed by atoms with Gasteiger partial charge in [-0.1, -0.05) is 99.9 Å². The van der Waals surface area contributed by atoms with Gasteiger partial charge in [0.15, 0.2) is 0 Å². The van der Waals surface area contributed by atoms with Crippen LogP contribution in [0.15, 0.2) is 48.5 Å². The van der Waals surface area contributed by atoms with Crippen molar-refractivity contribution in [3.05, 3.63) is 59.7 Å². The first-order valence-electron chi connectivity index (χ1n) is 10.4. The maximum atomic E-state index is 9.13. The Labute approximate surface area is 199 Å². The fraction of sp³-hybridized carbons (Fsp3) is 0.500. The quantitative estimate of drug-likeness (QED) is 0.329. The molecule has 0 saturated carbocycles. The van der Waals surface area contributed by atoms with E-state index in [0.717, 1.165) is 17.5 Å². The lowest BCUT2D eigenvalue weighted by Gasteiger charge is -2.02. The predicted molar refractivity (Wildman–Crippen MR) is 148 cm³/mol. The van der Waals surface area contributed by atoms with Gasteiger partial charge >= 0.3 is 0 Å². The van der Waals surface area contributed by atoms with Crippen LogP contribution in [0, 0.1) is 0 Å². The lowest BCUT2D eigenvalue weighted by atomic mass is 10.1. The number of rotatable bonds is 2. The van der Waals surface area contributed by atoms with Crippen molar-refractivity contribution in [2.45, 2.75) is 82.1 Å². The third kappa shape index (κ3) is 27.7. The summed E-state index contributed by atoms with van der Waals surface area (Å²) in [5.74, 6) is 0.564. The Bertz CT molecular complexity index is 412. The molecular formula is C24H44I2O2. The molecule has 4 heteroatoms. The minimum absolute atomic E-state index is 0.282. The van der Waals surface area contributed by atoms with Gasteiger partial charge in [-0.05, 0) is 41.8 Å². The topological polar surface area (TPSA) is 40.5 Å². The SMILES string of the molecule is CC.CC.CC.CC.CCC.II.Oc1ccc(Cc2ccc(O)cc2)cc1. The molecule has 0 bridgehead atoms. The molecule has 0 unspecified atom stereocenters. The van der Waals surface area contributed by atoms with Crippen LogP contribution >= 0.6 is 37.2 Å². The first-order valence-corrected chi connectivity index (χ1v) is 16.6. The van der Waals surface area contributed by atoms with Crippen LogP contribution in [0.1, 0.15) is 86.8 Å². The molecule has 166 valence electrons. The Balaban J connectivity index is -0.000000115. The van der Waals surface area contributed by atoms with E-state index >= 15 is 0 Å². The number of hydrogen-bond donors (Lipinski definition) is 2. The molecule has 2 aromatic rings. The molecule has 2 nitrogen and oxygen atoms in total. The van der Waals surface area contributed by atoms with Crippen LogP contribution in [0.5, 0.6) is 11.5 Å². The summed E-state index contributed by atoms with van der Waals surface area (Å²) in [6.07, 6.45) is 2.06. The fourth-order valence-electron chi connectivity index (χ4n) is 1.46. The van der Waals surface area contributed by atoms with E-state index in [1.807, 2.05) is 79.7 Å². The fourth-order valence-corrected chi connectivity index (χ4v) is 1.46. The van der Waals surface area contributed by atoms with E-state index in [1.165, 1.54) is 6.42 Å². The second-order valence-electron chi connectivity index (χ2n) is 4.22. The molecule has 2 N–H and O–H groups in total. The summed E-state index contributed by atoms with van der Waals surface area (Å²) in [6.45, 7) is 20.2. The van der Waals surface area contributed by atoms with E-state index < -0.39 is 0 Å². The summed E-state index contributed by atoms with van der Waals surface area (Å²) in [5.41, 5.74) is 2.27. The smallest absolute Gasteiger partial charge is 0.115 e. The molecular weight excluding hydrogens is 574 g/mol. The van der Waals surface area contributed by atoms with Crippen LogP contribution in [0.25, 0.3) is 0 Å². The van der Waals surface area contributed by atoms with Gasteiger partial charge in [0.1, 0.15) is 11.5 Å². The van der Waals surface area contributed by atoms with Gasteiger partial charge < -0.3 is 10.2 Å². The van der Waals surface area contributed by atoms with Crippen molar-refractivity contribution in [3.8, 4) is 11.5 Å². The van der Waals surface area contributed by atoms with Crippen molar-refractivity contribution >= 4 is 37.2 Å². The Morgan fingerprint density at radius 2 is 0.714 bits per heavy atom. The Kier molecular flexibility index (Phi) is 50.8. The number of phenolic OH excluding ortho intramolecular Hbond substituents is 2. The van der Waals surface area contributed by atoms with Gasteiger partial charge in [-0.15, -0.1) is 0 Å². The molecule has 0 fully saturated rings. The van der Waals surface area contributed by atoms with Crippen LogP contribution in [0.4, 0.5) is 0 Å². The summed E-state index contributed by atoms with van der Waals surface area (Å²) < 4.78 is 0. The van der Waals surface area contributed by atoms with Crippen LogP contribution in [-0.4, -0.2) is 10.2 Å². The van der Waals surface area contributed by atoms with Crippen molar-refractivity contribution in [2.24, 2.45) is 0 Å². The number of phenols is 2. The molecule has 0 aliphatic carbocycles. The monoisotopic (exact) mass is 618 g/mol. The van der Waals surface area contributed by atoms with Crippen LogP contribution < -0.4 is 0 Å². The zero-order valence-corrected chi connectivity index (χ0v) is 24.0. The molecule has 0 atom stereocenters. The Morgan fingerprint density at radius 3 is 0.893 bits per heavy atom. The number of aromatic hydroxyl groups is 2. The lowest BCUT2D eigenvalue weighted by molar-refractivity contribution is 0.475. The highest BCUT2D eigenvalue weighted by molar-refractivity contribution is 15.0. The standard InChI is InChI=1S/C13H12O2.C3H8.4C2H6.I2/c14-12-5-1-10(2-6-12)9-11-3-7-13(15)8-4-11;1-3-2;5*1-2/h1-8,14-15H,9H2;3H2,1-2H3;4*1-2H3;. The minimum Gasteiger partial charge on any atom is -0.508 e. The average Bonchev–Trinajstić information content (AvgIpc) is 2.79.